The second kappa shape index (κ2) is 12.3. The van der Waals surface area contributed by atoms with Gasteiger partial charge in [-0.3, -0.25) is 9.69 Å². The predicted octanol–water partition coefficient (Wildman–Crippen LogP) is 6.69. The van der Waals surface area contributed by atoms with Gasteiger partial charge in [0.05, 0.1) is 17.8 Å². The van der Waals surface area contributed by atoms with E-state index in [-0.39, 0.29) is 11.7 Å². The summed E-state index contributed by atoms with van der Waals surface area (Å²) in [6.07, 6.45) is 15.3. The van der Waals surface area contributed by atoms with E-state index in [1.165, 1.54) is 70.4 Å². The number of hydrogen-bond acceptors (Lipinski definition) is 7. The van der Waals surface area contributed by atoms with Gasteiger partial charge in [0, 0.05) is 42.9 Å². The zero-order valence-electron chi connectivity index (χ0n) is 26.6. The fourth-order valence-corrected chi connectivity index (χ4v) is 7.97. The fourth-order valence-electron chi connectivity index (χ4n) is 7.97. The van der Waals surface area contributed by atoms with Crippen LogP contribution in [0, 0.1) is 29.5 Å². The Morgan fingerprint density at radius 2 is 1.89 bits per heavy atom. The van der Waals surface area contributed by atoms with Crippen molar-refractivity contribution < 1.29 is 13.9 Å². The van der Waals surface area contributed by atoms with Crippen molar-refractivity contribution in [1.29, 1.82) is 0 Å². The Morgan fingerprint density at radius 1 is 1.09 bits per heavy atom. The lowest BCUT2D eigenvalue weighted by atomic mass is 9.57. The van der Waals surface area contributed by atoms with Gasteiger partial charge in [0.25, 0.3) is 0 Å². The maximum atomic E-state index is 13.9. The molecule has 8 nitrogen and oxygen atoms in total. The Bertz CT molecular complexity index is 1580. The molecule has 2 N–H and O–H groups in total. The molecule has 1 amide bonds. The van der Waals surface area contributed by atoms with Gasteiger partial charge in [-0.15, -0.1) is 0 Å². The minimum atomic E-state index is -0.256. The smallest absolute Gasteiger partial charge is 0.248 e. The van der Waals surface area contributed by atoms with Crippen molar-refractivity contribution in [2.45, 2.75) is 58.3 Å². The highest BCUT2D eigenvalue weighted by atomic mass is 19.1. The summed E-state index contributed by atoms with van der Waals surface area (Å²) < 4.78 is 20.3. The number of aromatic nitrogens is 2. The maximum absolute atomic E-state index is 13.9. The zero-order chi connectivity index (χ0) is 31.0. The number of nitrogens with one attached hydrogen (secondary N) is 2. The van der Waals surface area contributed by atoms with Crippen LogP contribution in [0.4, 0.5) is 21.6 Å². The van der Waals surface area contributed by atoms with Crippen LogP contribution >= 0.6 is 0 Å². The summed E-state index contributed by atoms with van der Waals surface area (Å²) in [5, 5.41) is 7.11. The second-order valence-electron chi connectivity index (χ2n) is 14.3. The van der Waals surface area contributed by atoms with Gasteiger partial charge in [-0.25, -0.2) is 14.4 Å². The van der Waals surface area contributed by atoms with Gasteiger partial charge in [0.1, 0.15) is 23.7 Å². The molecule has 0 bridgehead atoms. The summed E-state index contributed by atoms with van der Waals surface area (Å²) >= 11 is 0. The molecule has 238 valence electrons. The number of anilines is 3. The highest BCUT2D eigenvalue weighted by Gasteiger charge is 2.46. The van der Waals surface area contributed by atoms with Gasteiger partial charge in [-0.1, -0.05) is 12.5 Å². The van der Waals surface area contributed by atoms with Crippen LogP contribution in [0.2, 0.25) is 0 Å². The van der Waals surface area contributed by atoms with Crippen LogP contribution in [-0.2, 0) is 4.79 Å². The molecular formula is C36H45FN6O2. The molecule has 0 atom stereocenters. The third-order valence-corrected chi connectivity index (χ3v) is 10.9. The summed E-state index contributed by atoms with van der Waals surface area (Å²) in [7, 11) is 2.22. The Balaban J connectivity index is 1.05. The summed E-state index contributed by atoms with van der Waals surface area (Å²) in [4.78, 5) is 26.9. The normalized spacial score (nSPS) is 21.0. The van der Waals surface area contributed by atoms with E-state index < -0.39 is 0 Å². The molecule has 2 aliphatic heterocycles. The first-order valence-corrected chi connectivity index (χ1v) is 16.6. The maximum Gasteiger partial charge on any atom is 0.248 e. The molecule has 1 aromatic heterocycles. The minimum absolute atomic E-state index is 0.193. The number of piperidine rings is 1. The largest absolute Gasteiger partial charge is 0.491 e. The molecule has 2 aliphatic carbocycles. The number of carbonyl (C=O) groups is 1. The quantitative estimate of drug-likeness (QED) is 0.247. The average Bonchev–Trinajstić information content (AvgIpc) is 2.96. The van der Waals surface area contributed by atoms with E-state index in [0.717, 1.165) is 37.1 Å². The van der Waals surface area contributed by atoms with E-state index >= 15 is 0 Å². The van der Waals surface area contributed by atoms with Crippen molar-refractivity contribution in [2.75, 3.05) is 57.0 Å². The molecule has 4 aliphatic rings. The van der Waals surface area contributed by atoms with Crippen molar-refractivity contribution in [3.8, 4) is 5.75 Å². The number of amides is 1. The molecule has 2 spiro atoms. The number of nitrogens with zero attached hydrogens (tertiary/aromatic N) is 4. The second-order valence-corrected chi connectivity index (χ2v) is 14.3. The number of benzene rings is 2. The van der Waals surface area contributed by atoms with E-state index in [1.54, 1.807) is 25.1 Å². The Labute approximate surface area is 265 Å². The first-order chi connectivity index (χ1) is 21.8. The molecule has 45 heavy (non-hydrogen) atoms. The van der Waals surface area contributed by atoms with Crippen molar-refractivity contribution in [3.05, 3.63) is 60.2 Å². The van der Waals surface area contributed by atoms with E-state index in [1.807, 2.05) is 18.2 Å². The first kappa shape index (κ1) is 30.1. The number of likely N-dealkylation sites (tertiary alicyclic amines) is 2. The van der Waals surface area contributed by atoms with Gasteiger partial charge in [-0.2, -0.15) is 0 Å². The van der Waals surface area contributed by atoms with Gasteiger partial charge in [0.15, 0.2) is 0 Å². The number of ether oxygens (including phenoxy) is 1. The summed E-state index contributed by atoms with van der Waals surface area (Å²) in [5.74, 6) is 1.42. The molecular weight excluding hydrogens is 567 g/mol. The molecule has 2 aromatic carbocycles. The van der Waals surface area contributed by atoms with Crippen LogP contribution in [0.1, 0.15) is 56.9 Å². The molecule has 9 heteroatoms. The Kier molecular flexibility index (Phi) is 8.25. The molecule has 2 saturated carbocycles. The van der Waals surface area contributed by atoms with Crippen LogP contribution in [0.5, 0.6) is 5.75 Å². The molecule has 0 radical (unpaired) electrons. The molecule has 2 saturated heterocycles. The molecule has 0 unspecified atom stereocenters. The highest BCUT2D eigenvalue weighted by Crippen LogP contribution is 2.53. The summed E-state index contributed by atoms with van der Waals surface area (Å²) in [5.41, 5.74) is 3.67. The number of rotatable bonds is 10. The van der Waals surface area contributed by atoms with Crippen LogP contribution in [0.3, 0.4) is 0 Å². The zero-order valence-corrected chi connectivity index (χ0v) is 26.6. The van der Waals surface area contributed by atoms with Crippen LogP contribution in [0.15, 0.2) is 48.8 Å². The van der Waals surface area contributed by atoms with Crippen LogP contribution in [0.25, 0.3) is 10.9 Å². The average molecular weight is 613 g/mol. The number of fused-ring (bicyclic) bond motifs is 1. The monoisotopic (exact) mass is 612 g/mol. The van der Waals surface area contributed by atoms with Crippen LogP contribution in [-0.4, -0.2) is 72.1 Å². The molecule has 3 aromatic rings. The third kappa shape index (κ3) is 6.56. The standard InChI is InChI=1S/C36H45FN6O2/c1-25-17-27(6-7-29(25)37)40-34-28-18-31(41-33(44)5-3-13-43-22-36(23-43)9-4-10-36)32(19-30(28)38-24-39-34)45-16-8-26-20-35(21-26)11-14-42(2)15-12-35/h3,5-7,17-19,24,26H,4,8-16,20-23H2,1-2H3,(H,41,44)(H,38,39,40)/b5-3+. The van der Waals surface area contributed by atoms with Crippen molar-refractivity contribution >= 4 is 34.0 Å². The SMILES string of the molecule is Cc1cc(Nc2ncnc3cc(OCCC4CC5(CCN(C)CC5)C4)c(NC(=O)/C=C/CN4CC5(CCC5)C4)cc23)ccc1F. The lowest BCUT2D eigenvalue weighted by molar-refractivity contribution is -0.112. The number of aryl methyl sites for hydroxylation is 1. The van der Waals surface area contributed by atoms with Crippen LogP contribution < -0.4 is 15.4 Å². The molecule has 3 heterocycles. The van der Waals surface area contributed by atoms with Crippen molar-refractivity contribution in [3.63, 3.8) is 0 Å². The van der Waals surface area contributed by atoms with Crippen molar-refractivity contribution in [2.24, 2.45) is 16.7 Å². The Hall–Kier alpha value is -3.56. The number of carbonyl (C=O) groups excluding carboxylic acids is 1. The Morgan fingerprint density at radius 3 is 2.62 bits per heavy atom. The summed E-state index contributed by atoms with van der Waals surface area (Å²) in [6, 6.07) is 8.63. The van der Waals surface area contributed by atoms with Gasteiger partial charge < -0.3 is 20.3 Å². The highest BCUT2D eigenvalue weighted by molar-refractivity contribution is 6.03. The minimum Gasteiger partial charge on any atom is -0.491 e. The molecule has 7 rings (SSSR count). The van der Waals surface area contributed by atoms with Crippen molar-refractivity contribution in [1.82, 2.24) is 19.8 Å². The first-order valence-electron chi connectivity index (χ1n) is 16.6. The third-order valence-electron chi connectivity index (χ3n) is 10.9. The summed E-state index contributed by atoms with van der Waals surface area (Å²) in [6.45, 7) is 7.80. The topological polar surface area (TPSA) is 82.6 Å². The van der Waals surface area contributed by atoms with Gasteiger partial charge >= 0.3 is 0 Å². The number of hydrogen-bond donors (Lipinski definition) is 2. The predicted molar refractivity (Wildman–Crippen MR) is 176 cm³/mol. The van der Waals surface area contributed by atoms with E-state index in [4.69, 9.17) is 4.74 Å². The molecule has 4 fully saturated rings. The van der Waals surface area contributed by atoms with Gasteiger partial charge in [-0.05, 0) is 119 Å². The lowest BCUT2D eigenvalue weighted by Gasteiger charge is -2.56. The van der Waals surface area contributed by atoms with E-state index in [0.29, 0.717) is 51.7 Å². The number of halogens is 1. The van der Waals surface area contributed by atoms with Gasteiger partial charge in [0.2, 0.25) is 5.91 Å². The van der Waals surface area contributed by atoms with E-state index in [2.05, 4.69) is 37.4 Å². The lowest BCUT2D eigenvalue weighted by Crippen LogP contribution is -2.59. The van der Waals surface area contributed by atoms with E-state index in [9.17, 15) is 9.18 Å². The fraction of sp³-hybridized carbons (Fsp3) is 0.528.